The van der Waals surface area contributed by atoms with E-state index in [0.717, 1.165) is 5.56 Å². The van der Waals surface area contributed by atoms with Crippen LogP contribution < -0.4 is 10.4 Å². The van der Waals surface area contributed by atoms with Gasteiger partial charge in [0.25, 0.3) is 0 Å². The van der Waals surface area contributed by atoms with E-state index in [1.807, 2.05) is 26.8 Å². The normalized spacial score (nSPS) is 13.4. The van der Waals surface area contributed by atoms with Gasteiger partial charge in [0.05, 0.1) is 16.1 Å². The molecule has 3 heteroatoms. The lowest BCUT2D eigenvalue weighted by atomic mass is 9.86. The molecule has 1 aromatic carbocycles. The molecule has 0 aliphatic carbocycles. The van der Waals surface area contributed by atoms with Crippen molar-refractivity contribution >= 4 is 32.3 Å². The first-order valence-electron chi connectivity index (χ1n) is 7.44. The molecule has 0 saturated heterocycles. The maximum absolute atomic E-state index is 12.5. The lowest BCUT2D eigenvalue weighted by Gasteiger charge is -2.29. The van der Waals surface area contributed by atoms with Crippen molar-refractivity contribution in [3.63, 3.8) is 0 Å². The number of carbonyl (C=O) groups excluding carboxylic acids is 1. The molecule has 0 fully saturated rings. The van der Waals surface area contributed by atoms with Gasteiger partial charge in [-0.15, -0.1) is 0 Å². The zero-order valence-electron chi connectivity index (χ0n) is 14.6. The van der Waals surface area contributed by atoms with Crippen molar-refractivity contribution in [2.75, 3.05) is 0 Å². The Morgan fingerprint density at radius 2 is 1.30 bits per heavy atom. The third-order valence-electron chi connectivity index (χ3n) is 3.58. The molecule has 1 aromatic rings. The highest BCUT2D eigenvalue weighted by atomic mass is 28.3. The Labute approximate surface area is 126 Å². The van der Waals surface area contributed by atoms with Crippen LogP contribution in [0.3, 0.4) is 0 Å². The van der Waals surface area contributed by atoms with Crippen molar-refractivity contribution in [1.82, 2.24) is 0 Å². The maximum atomic E-state index is 12.5. The zero-order chi connectivity index (χ0) is 15.9. The van der Waals surface area contributed by atoms with Crippen LogP contribution in [0.2, 0.25) is 39.3 Å². The summed E-state index contributed by atoms with van der Waals surface area (Å²) in [5.74, 6) is 0.249. The van der Waals surface area contributed by atoms with Gasteiger partial charge in [0.15, 0.2) is 5.78 Å². The third kappa shape index (κ3) is 3.92. The molecule has 0 aliphatic rings. The minimum absolute atomic E-state index is 0.249. The molecule has 1 nitrogen and oxygen atoms in total. The molecule has 0 N–H and O–H groups in total. The van der Waals surface area contributed by atoms with E-state index in [0.29, 0.717) is 0 Å². The molecule has 0 unspecified atom stereocenters. The highest BCUT2D eigenvalue weighted by molar-refractivity contribution is 6.98. The summed E-state index contributed by atoms with van der Waals surface area (Å²) < 4.78 is 0. The Bertz CT molecular complexity index is 511. The number of hydrogen-bond acceptors (Lipinski definition) is 1. The molecule has 0 atom stereocenters. The fraction of sp³-hybridized carbons (Fsp3) is 0.588. The first kappa shape index (κ1) is 17.4. The van der Waals surface area contributed by atoms with Crippen LogP contribution in [0.1, 0.15) is 31.1 Å². The first-order valence-corrected chi connectivity index (χ1v) is 14.4. The van der Waals surface area contributed by atoms with Crippen LogP contribution >= 0.6 is 0 Å². The van der Waals surface area contributed by atoms with Crippen molar-refractivity contribution in [2.24, 2.45) is 5.41 Å². The molecule has 1 rings (SSSR count). The molecule has 112 valence electrons. The summed E-state index contributed by atoms with van der Waals surface area (Å²) >= 11 is 0. The Morgan fingerprint density at radius 3 is 1.65 bits per heavy atom. The second-order valence-electron chi connectivity index (χ2n) is 8.84. The fourth-order valence-corrected chi connectivity index (χ4v) is 7.59. The summed E-state index contributed by atoms with van der Waals surface area (Å²) in [6.45, 7) is 20.3. The van der Waals surface area contributed by atoms with E-state index in [4.69, 9.17) is 0 Å². The number of rotatable bonds is 3. The van der Waals surface area contributed by atoms with Gasteiger partial charge in [0.2, 0.25) is 0 Å². The second-order valence-corrected chi connectivity index (χ2v) is 18.9. The zero-order valence-corrected chi connectivity index (χ0v) is 16.6. The van der Waals surface area contributed by atoms with Gasteiger partial charge in [0.1, 0.15) is 0 Å². The van der Waals surface area contributed by atoms with Crippen LogP contribution in [-0.4, -0.2) is 21.9 Å². The maximum Gasteiger partial charge on any atom is 0.168 e. The van der Waals surface area contributed by atoms with E-state index in [1.165, 1.54) is 10.4 Å². The van der Waals surface area contributed by atoms with Gasteiger partial charge >= 0.3 is 0 Å². The lowest BCUT2D eigenvalue weighted by Crippen LogP contribution is -2.56. The van der Waals surface area contributed by atoms with Crippen molar-refractivity contribution in [2.45, 2.75) is 60.1 Å². The van der Waals surface area contributed by atoms with E-state index in [9.17, 15) is 4.79 Å². The van der Waals surface area contributed by atoms with Crippen molar-refractivity contribution < 1.29 is 4.79 Å². The summed E-state index contributed by atoms with van der Waals surface area (Å²) in [5.41, 5.74) is 0.578. The molecule has 0 spiro atoms. The van der Waals surface area contributed by atoms with Crippen molar-refractivity contribution in [1.29, 1.82) is 0 Å². The van der Waals surface area contributed by atoms with E-state index < -0.39 is 16.1 Å². The molecular formula is C17H30OSi2. The van der Waals surface area contributed by atoms with E-state index in [-0.39, 0.29) is 11.2 Å². The molecule has 0 saturated carbocycles. The van der Waals surface area contributed by atoms with E-state index in [1.54, 1.807) is 0 Å². The smallest absolute Gasteiger partial charge is 0.168 e. The topological polar surface area (TPSA) is 17.1 Å². The molecule has 0 bridgehead atoms. The van der Waals surface area contributed by atoms with Gasteiger partial charge in [-0.05, 0) is 0 Å². The minimum atomic E-state index is -1.44. The fourth-order valence-electron chi connectivity index (χ4n) is 2.39. The standard InChI is InChI=1S/C17H30OSi2/c1-17(2,3)16(18)13-10-11-14(19(4,5)6)15(12-13)20(7,8)9/h10-12H,1-9H3. The largest absolute Gasteiger partial charge is 0.294 e. The van der Waals surface area contributed by atoms with Gasteiger partial charge < -0.3 is 0 Å². The highest BCUT2D eigenvalue weighted by Crippen LogP contribution is 2.21. The predicted octanol–water partition coefficient (Wildman–Crippen LogP) is 4.01. The molecular weight excluding hydrogens is 276 g/mol. The quantitative estimate of drug-likeness (QED) is 0.609. The molecule has 20 heavy (non-hydrogen) atoms. The molecule has 0 heterocycles. The molecule has 0 amide bonds. The van der Waals surface area contributed by atoms with Crippen molar-refractivity contribution in [3.8, 4) is 0 Å². The summed E-state index contributed by atoms with van der Waals surface area (Å²) in [6, 6.07) is 6.48. The Kier molecular flexibility index (Phi) is 4.57. The number of ketones is 1. The van der Waals surface area contributed by atoms with E-state index >= 15 is 0 Å². The summed E-state index contributed by atoms with van der Waals surface area (Å²) in [7, 11) is -2.81. The number of benzene rings is 1. The Morgan fingerprint density at radius 1 is 0.850 bits per heavy atom. The number of Topliss-reactive ketones (excluding diaryl/α,β-unsaturated/α-hetero) is 1. The van der Waals surface area contributed by atoms with Crippen LogP contribution in [0, 0.1) is 5.41 Å². The van der Waals surface area contributed by atoms with Gasteiger partial charge in [-0.1, -0.05) is 88.6 Å². The average molecular weight is 307 g/mol. The molecule has 0 radical (unpaired) electrons. The van der Waals surface area contributed by atoms with Crippen LogP contribution in [-0.2, 0) is 0 Å². The highest BCUT2D eigenvalue weighted by Gasteiger charge is 2.30. The summed E-state index contributed by atoms with van der Waals surface area (Å²) in [4.78, 5) is 12.5. The average Bonchev–Trinajstić information content (AvgIpc) is 2.23. The van der Waals surface area contributed by atoms with Gasteiger partial charge in [-0.2, -0.15) is 0 Å². The SMILES string of the molecule is CC(C)(C)C(=O)c1ccc([Si](C)(C)C)c([Si](C)(C)C)c1. The molecule has 0 aliphatic heterocycles. The minimum Gasteiger partial charge on any atom is -0.294 e. The summed E-state index contributed by atoms with van der Waals surface area (Å²) in [6.07, 6.45) is 0. The van der Waals surface area contributed by atoms with Crippen molar-refractivity contribution in [3.05, 3.63) is 23.8 Å². The Balaban J connectivity index is 3.48. The van der Waals surface area contributed by atoms with Gasteiger partial charge in [-0.25, -0.2) is 0 Å². The van der Waals surface area contributed by atoms with E-state index in [2.05, 4.69) is 51.4 Å². The molecule has 0 aromatic heterocycles. The van der Waals surface area contributed by atoms with Gasteiger partial charge in [-0.3, -0.25) is 4.79 Å². The lowest BCUT2D eigenvalue weighted by molar-refractivity contribution is 0.0858. The van der Waals surface area contributed by atoms with Crippen LogP contribution in [0.25, 0.3) is 0 Å². The first-order chi connectivity index (χ1) is 8.74. The second kappa shape index (κ2) is 5.26. The third-order valence-corrected chi connectivity index (χ3v) is 7.91. The monoisotopic (exact) mass is 306 g/mol. The predicted molar refractivity (Wildman–Crippen MR) is 96.2 cm³/mol. The van der Waals surface area contributed by atoms with Crippen LogP contribution in [0.4, 0.5) is 0 Å². The van der Waals surface area contributed by atoms with Crippen LogP contribution in [0.15, 0.2) is 18.2 Å². The summed E-state index contributed by atoms with van der Waals surface area (Å²) in [5, 5.41) is 3.01. The Hall–Kier alpha value is -0.676. The number of hydrogen-bond donors (Lipinski definition) is 0. The van der Waals surface area contributed by atoms with Crippen LogP contribution in [0.5, 0.6) is 0 Å². The van der Waals surface area contributed by atoms with Gasteiger partial charge in [0, 0.05) is 11.0 Å². The number of carbonyl (C=O) groups is 1.